The minimum Gasteiger partial charge on any atom is -0.467 e. The quantitative estimate of drug-likeness (QED) is 0.598. The van der Waals surface area contributed by atoms with Crippen molar-refractivity contribution in [2.24, 2.45) is 0 Å². The summed E-state index contributed by atoms with van der Waals surface area (Å²) in [7, 11) is -3.63. The third kappa shape index (κ3) is 4.85. The van der Waals surface area contributed by atoms with E-state index in [1.54, 1.807) is 0 Å². The van der Waals surface area contributed by atoms with Crippen LogP contribution in [0.1, 0.15) is 32.1 Å². The predicted octanol–water partition coefficient (Wildman–Crippen LogP) is 2.29. The van der Waals surface area contributed by atoms with Crippen LogP contribution in [0.4, 0.5) is 8.78 Å². The Bertz CT molecular complexity index is 1100. The number of carbonyl (C=O) groups excluding carboxylic acids is 2. The molecule has 1 aromatic carbocycles. The Labute approximate surface area is 181 Å². The summed E-state index contributed by atoms with van der Waals surface area (Å²) in [5, 5.41) is 0.211. The van der Waals surface area contributed by atoms with Crippen LogP contribution in [-0.4, -0.2) is 65.9 Å². The molecule has 2 fully saturated rings. The van der Waals surface area contributed by atoms with Gasteiger partial charge >= 0.3 is 0 Å². The smallest absolute Gasteiger partial charge is 0.274 e. The van der Waals surface area contributed by atoms with Crippen molar-refractivity contribution in [3.05, 3.63) is 23.8 Å². The van der Waals surface area contributed by atoms with E-state index in [0.29, 0.717) is 24.0 Å². The van der Waals surface area contributed by atoms with Crippen LogP contribution in [0.5, 0.6) is 5.19 Å². The predicted molar refractivity (Wildman–Crippen MR) is 109 cm³/mol. The first-order valence-corrected chi connectivity index (χ1v) is 12.4. The molecular formula is C19H21F2N3O5S2. The van der Waals surface area contributed by atoms with Gasteiger partial charge in [-0.1, -0.05) is 11.3 Å². The second-order valence-corrected chi connectivity index (χ2v) is 10.6. The van der Waals surface area contributed by atoms with E-state index >= 15 is 0 Å². The van der Waals surface area contributed by atoms with Gasteiger partial charge in [0, 0.05) is 38.5 Å². The molecule has 0 radical (unpaired) electrons. The van der Waals surface area contributed by atoms with Gasteiger partial charge in [-0.3, -0.25) is 14.5 Å². The van der Waals surface area contributed by atoms with Gasteiger partial charge in [0.15, 0.2) is 5.82 Å². The minimum atomic E-state index is -3.63. The number of sulfonamides is 1. The summed E-state index contributed by atoms with van der Waals surface area (Å²) in [6.07, 6.45) is 1.55. The summed E-state index contributed by atoms with van der Waals surface area (Å²) in [5.41, 5.74) is 0.0446. The normalized spacial score (nSPS) is 19.4. The van der Waals surface area contributed by atoms with Crippen LogP contribution in [0.3, 0.4) is 0 Å². The van der Waals surface area contributed by atoms with Crippen LogP contribution < -0.4 is 4.74 Å². The Morgan fingerprint density at radius 3 is 2.48 bits per heavy atom. The molecular weight excluding hydrogens is 452 g/mol. The van der Waals surface area contributed by atoms with E-state index in [2.05, 4.69) is 4.98 Å². The number of halogens is 2. The molecule has 12 heteroatoms. The molecule has 2 aliphatic rings. The van der Waals surface area contributed by atoms with E-state index in [0.717, 1.165) is 22.3 Å². The molecule has 4 rings (SSSR count). The van der Waals surface area contributed by atoms with Crippen LogP contribution in [0.25, 0.3) is 10.2 Å². The van der Waals surface area contributed by atoms with Gasteiger partial charge < -0.3 is 4.74 Å². The number of aromatic nitrogens is 1. The second-order valence-electron chi connectivity index (χ2n) is 7.54. The number of likely N-dealkylation sites (tertiary alicyclic amines) is 1. The second kappa shape index (κ2) is 8.75. The van der Waals surface area contributed by atoms with Gasteiger partial charge in [0.25, 0.3) is 5.19 Å². The summed E-state index contributed by atoms with van der Waals surface area (Å²) < 4.78 is 59.9. The molecule has 2 amide bonds. The van der Waals surface area contributed by atoms with Crippen LogP contribution in [-0.2, 0) is 19.6 Å². The molecule has 168 valence electrons. The molecule has 8 nitrogen and oxygen atoms in total. The molecule has 0 unspecified atom stereocenters. The van der Waals surface area contributed by atoms with Crippen molar-refractivity contribution in [1.82, 2.24) is 14.2 Å². The Morgan fingerprint density at radius 1 is 1.13 bits per heavy atom. The van der Waals surface area contributed by atoms with Gasteiger partial charge in [0.05, 0.1) is 10.5 Å². The lowest BCUT2D eigenvalue weighted by atomic mass is 10.1. The zero-order valence-corrected chi connectivity index (χ0v) is 18.2. The fourth-order valence-electron chi connectivity index (χ4n) is 3.74. The van der Waals surface area contributed by atoms with Gasteiger partial charge in [-0.15, -0.1) is 0 Å². The van der Waals surface area contributed by atoms with Crippen molar-refractivity contribution in [3.63, 3.8) is 0 Å². The first-order chi connectivity index (χ1) is 14.7. The molecule has 0 aliphatic carbocycles. The molecule has 0 saturated carbocycles. The summed E-state index contributed by atoms with van der Waals surface area (Å²) in [6, 6.07) is 1.95. The number of rotatable bonds is 6. The average Bonchev–Trinajstić information content (AvgIpc) is 3.10. The third-order valence-electron chi connectivity index (χ3n) is 5.41. The van der Waals surface area contributed by atoms with E-state index in [4.69, 9.17) is 4.74 Å². The molecule has 0 spiro atoms. The van der Waals surface area contributed by atoms with E-state index in [1.807, 2.05) is 0 Å². The minimum absolute atomic E-state index is 0.0446. The van der Waals surface area contributed by atoms with Crippen LogP contribution >= 0.6 is 11.3 Å². The average molecular weight is 474 g/mol. The first-order valence-electron chi connectivity index (χ1n) is 9.96. The molecule has 0 bridgehead atoms. The van der Waals surface area contributed by atoms with Crippen LogP contribution in [0.2, 0.25) is 0 Å². The van der Waals surface area contributed by atoms with E-state index < -0.39 is 21.7 Å². The maximum atomic E-state index is 13.8. The van der Waals surface area contributed by atoms with Gasteiger partial charge in [0.2, 0.25) is 21.8 Å². The number of piperidine rings is 2. The molecule has 2 aliphatic heterocycles. The summed E-state index contributed by atoms with van der Waals surface area (Å²) >= 11 is 1.04. The summed E-state index contributed by atoms with van der Waals surface area (Å²) in [5.74, 6) is -2.41. The fraction of sp³-hybridized carbons (Fsp3) is 0.526. The number of nitrogens with zero attached hydrogens (tertiary/aromatic N) is 3. The molecule has 31 heavy (non-hydrogen) atoms. The summed E-state index contributed by atoms with van der Waals surface area (Å²) in [4.78, 5) is 28.8. The number of imide groups is 1. The van der Waals surface area contributed by atoms with E-state index in [9.17, 15) is 26.8 Å². The van der Waals surface area contributed by atoms with Crippen molar-refractivity contribution in [2.45, 2.75) is 38.2 Å². The van der Waals surface area contributed by atoms with Gasteiger partial charge in [-0.25, -0.2) is 21.5 Å². The Balaban J connectivity index is 1.32. The molecule has 0 N–H and O–H groups in total. The Morgan fingerprint density at radius 2 is 1.81 bits per heavy atom. The molecule has 1 aromatic heterocycles. The van der Waals surface area contributed by atoms with Crippen LogP contribution in [0, 0.1) is 11.6 Å². The maximum absolute atomic E-state index is 13.8. The highest BCUT2D eigenvalue weighted by molar-refractivity contribution is 7.89. The van der Waals surface area contributed by atoms with Gasteiger partial charge in [-0.2, -0.15) is 4.98 Å². The zero-order chi connectivity index (χ0) is 22.2. The van der Waals surface area contributed by atoms with E-state index in [1.165, 1.54) is 10.4 Å². The van der Waals surface area contributed by atoms with E-state index in [-0.39, 0.29) is 66.9 Å². The number of hydrogen-bond donors (Lipinski definition) is 0. The largest absolute Gasteiger partial charge is 0.467 e. The van der Waals surface area contributed by atoms with Gasteiger partial charge in [0.1, 0.15) is 17.4 Å². The van der Waals surface area contributed by atoms with Crippen molar-refractivity contribution in [1.29, 1.82) is 0 Å². The third-order valence-corrected chi connectivity index (χ3v) is 8.16. The van der Waals surface area contributed by atoms with Crippen molar-refractivity contribution in [2.75, 3.05) is 25.4 Å². The number of amides is 2. The molecule has 2 saturated heterocycles. The van der Waals surface area contributed by atoms with Crippen molar-refractivity contribution in [3.8, 4) is 5.19 Å². The maximum Gasteiger partial charge on any atom is 0.274 e. The number of ether oxygens (including phenoxy) is 1. The number of carbonyl (C=O) groups is 2. The fourth-order valence-corrected chi connectivity index (χ4v) is 6.10. The lowest BCUT2D eigenvalue weighted by Crippen LogP contribution is -2.47. The van der Waals surface area contributed by atoms with Gasteiger partial charge in [-0.05, 0) is 25.3 Å². The Kier molecular flexibility index (Phi) is 6.22. The number of fused-ring (bicyclic) bond motifs is 1. The Hall–Kier alpha value is -2.18. The number of hydrogen-bond acceptors (Lipinski definition) is 7. The van der Waals surface area contributed by atoms with Crippen molar-refractivity contribution < 1.29 is 31.5 Å². The number of benzene rings is 1. The van der Waals surface area contributed by atoms with Crippen molar-refractivity contribution >= 4 is 43.4 Å². The first kappa shape index (κ1) is 22.0. The van der Waals surface area contributed by atoms with Crippen LogP contribution in [0.15, 0.2) is 12.1 Å². The molecule has 2 aromatic rings. The molecule has 3 heterocycles. The highest BCUT2D eigenvalue weighted by Crippen LogP contribution is 2.32. The highest BCUT2D eigenvalue weighted by atomic mass is 32.2. The zero-order valence-electron chi connectivity index (χ0n) is 16.6. The summed E-state index contributed by atoms with van der Waals surface area (Å²) in [6.45, 7) is 0.315. The molecule has 0 atom stereocenters. The highest BCUT2D eigenvalue weighted by Gasteiger charge is 2.32. The number of thiazole rings is 1. The SMILES string of the molecule is O=C1CCCC(=O)N1CCS(=O)(=O)N1CCC(Oc2nc3c(F)cc(F)cc3s2)CC1. The lowest BCUT2D eigenvalue weighted by Gasteiger charge is -2.31. The standard InChI is InChI=1S/C19H21F2N3O5S2/c20-12-10-14(21)18-15(11-12)30-19(22-18)29-13-4-6-23(7-5-13)31(27,28)9-8-24-16(25)2-1-3-17(24)26/h10-11,13H,1-9H2. The monoisotopic (exact) mass is 473 g/mol. The topological polar surface area (TPSA) is 96.9 Å². The lowest BCUT2D eigenvalue weighted by molar-refractivity contribution is -0.147.